The molecule has 188 valence electrons. The number of benzene rings is 1. The van der Waals surface area contributed by atoms with Crippen LogP contribution >= 0.6 is 11.3 Å². The normalized spacial score (nSPS) is 19.1. The van der Waals surface area contributed by atoms with Crippen molar-refractivity contribution < 1.29 is 28.9 Å². The maximum absolute atomic E-state index is 12.9. The minimum absolute atomic E-state index is 0.0893. The summed E-state index contributed by atoms with van der Waals surface area (Å²) in [4.78, 5) is 22.0. The SMILES string of the molecule is Cc1cc(Nc2nccc(C(F)F)n2)cc(-c2cnc([C@@]3(O)CCCC(C)(C)C3)s2)c1.O=C(O)O. The molecule has 1 aliphatic carbocycles. The first kappa shape index (κ1) is 26.4. The lowest BCUT2D eigenvalue weighted by atomic mass is 9.70. The van der Waals surface area contributed by atoms with E-state index in [0.29, 0.717) is 12.1 Å². The van der Waals surface area contributed by atoms with E-state index in [9.17, 15) is 13.9 Å². The number of aromatic nitrogens is 3. The number of nitrogens with one attached hydrogen (secondary N) is 1. The summed E-state index contributed by atoms with van der Waals surface area (Å²) in [6, 6.07) is 7.06. The predicted octanol–water partition coefficient (Wildman–Crippen LogP) is 6.60. The maximum Gasteiger partial charge on any atom is 0.503 e. The highest BCUT2D eigenvalue weighted by atomic mass is 32.1. The summed E-state index contributed by atoms with van der Waals surface area (Å²) in [5.41, 5.74) is 1.52. The zero-order valence-electron chi connectivity index (χ0n) is 19.6. The summed E-state index contributed by atoms with van der Waals surface area (Å²) in [5, 5.41) is 29.0. The first-order valence-electron chi connectivity index (χ1n) is 11.0. The van der Waals surface area contributed by atoms with Gasteiger partial charge >= 0.3 is 6.16 Å². The van der Waals surface area contributed by atoms with E-state index in [-0.39, 0.29) is 17.1 Å². The second-order valence-electron chi connectivity index (χ2n) is 9.36. The van der Waals surface area contributed by atoms with Crippen molar-refractivity contribution in [1.29, 1.82) is 0 Å². The fraction of sp³-hybridized carbons (Fsp3) is 0.417. The average Bonchev–Trinajstić information content (AvgIpc) is 3.24. The smallest absolute Gasteiger partial charge is 0.450 e. The van der Waals surface area contributed by atoms with Crippen LogP contribution in [-0.4, -0.2) is 36.4 Å². The number of rotatable bonds is 5. The van der Waals surface area contributed by atoms with Gasteiger partial charge < -0.3 is 20.6 Å². The first-order valence-corrected chi connectivity index (χ1v) is 11.8. The van der Waals surface area contributed by atoms with Gasteiger partial charge in [0.05, 0.1) is 4.88 Å². The van der Waals surface area contributed by atoms with Crippen molar-refractivity contribution in [2.75, 3.05) is 5.32 Å². The molecule has 0 spiro atoms. The van der Waals surface area contributed by atoms with Crippen molar-refractivity contribution in [1.82, 2.24) is 15.0 Å². The first-order chi connectivity index (χ1) is 16.4. The van der Waals surface area contributed by atoms with Crippen LogP contribution < -0.4 is 5.32 Å². The van der Waals surface area contributed by atoms with Gasteiger partial charge in [0.15, 0.2) is 0 Å². The number of halogens is 2. The van der Waals surface area contributed by atoms with Crippen molar-refractivity contribution >= 4 is 29.1 Å². The Morgan fingerprint density at radius 1 is 1.17 bits per heavy atom. The maximum atomic E-state index is 12.9. The van der Waals surface area contributed by atoms with Crippen LogP contribution in [0.2, 0.25) is 0 Å². The Morgan fingerprint density at radius 2 is 1.89 bits per heavy atom. The van der Waals surface area contributed by atoms with Gasteiger partial charge in [0.2, 0.25) is 5.95 Å². The minimum Gasteiger partial charge on any atom is -0.450 e. The van der Waals surface area contributed by atoms with E-state index in [1.807, 2.05) is 25.1 Å². The molecule has 4 N–H and O–H groups in total. The molecule has 3 aromatic rings. The van der Waals surface area contributed by atoms with Gasteiger partial charge in [-0.25, -0.2) is 28.5 Å². The van der Waals surface area contributed by atoms with Gasteiger partial charge in [-0.05, 0) is 67.3 Å². The molecule has 8 nitrogen and oxygen atoms in total. The molecule has 1 fully saturated rings. The van der Waals surface area contributed by atoms with E-state index in [1.54, 1.807) is 6.20 Å². The second-order valence-corrected chi connectivity index (χ2v) is 10.4. The fourth-order valence-electron chi connectivity index (χ4n) is 4.31. The number of thiazole rings is 1. The highest BCUT2D eigenvalue weighted by molar-refractivity contribution is 7.15. The zero-order chi connectivity index (χ0) is 25.8. The Hall–Kier alpha value is -3.18. The highest BCUT2D eigenvalue weighted by Crippen LogP contribution is 2.48. The molecule has 0 radical (unpaired) electrons. The molecule has 0 bridgehead atoms. The molecule has 11 heteroatoms. The molecule has 0 aliphatic heterocycles. The molecular weight excluding hydrogens is 478 g/mol. The van der Waals surface area contributed by atoms with Crippen molar-refractivity contribution in [2.45, 2.75) is 58.5 Å². The lowest BCUT2D eigenvalue weighted by Gasteiger charge is -2.40. The average molecular weight is 507 g/mol. The van der Waals surface area contributed by atoms with Crippen molar-refractivity contribution in [2.24, 2.45) is 5.41 Å². The number of anilines is 2. The summed E-state index contributed by atoms with van der Waals surface area (Å²) < 4.78 is 25.9. The topological polar surface area (TPSA) is 128 Å². The predicted molar refractivity (Wildman–Crippen MR) is 129 cm³/mol. The zero-order valence-corrected chi connectivity index (χ0v) is 20.4. The van der Waals surface area contributed by atoms with Crippen LogP contribution in [0, 0.1) is 12.3 Å². The van der Waals surface area contributed by atoms with Crippen LogP contribution in [0.4, 0.5) is 25.2 Å². The van der Waals surface area contributed by atoms with Gasteiger partial charge in [-0.3, -0.25) is 0 Å². The van der Waals surface area contributed by atoms with Crippen LogP contribution in [-0.2, 0) is 5.60 Å². The monoisotopic (exact) mass is 506 g/mol. The van der Waals surface area contributed by atoms with Gasteiger partial charge in [-0.1, -0.05) is 19.9 Å². The van der Waals surface area contributed by atoms with Crippen LogP contribution in [0.15, 0.2) is 36.7 Å². The van der Waals surface area contributed by atoms with E-state index in [2.05, 4.69) is 34.1 Å². The van der Waals surface area contributed by atoms with Gasteiger partial charge in [-0.2, -0.15) is 0 Å². The molecule has 1 saturated carbocycles. The Labute approximate surface area is 205 Å². The van der Waals surface area contributed by atoms with E-state index in [1.165, 1.54) is 23.6 Å². The van der Waals surface area contributed by atoms with Crippen LogP contribution in [0.3, 0.4) is 0 Å². The molecule has 0 unspecified atom stereocenters. The Kier molecular flexibility index (Phi) is 8.01. The molecule has 1 atom stereocenters. The quantitative estimate of drug-likeness (QED) is 0.305. The molecular formula is C24H28F2N4O4S. The molecule has 0 amide bonds. The third-order valence-electron chi connectivity index (χ3n) is 5.64. The lowest BCUT2D eigenvalue weighted by molar-refractivity contribution is -0.0441. The number of carbonyl (C=O) groups is 1. The Balaban J connectivity index is 0.000000795. The molecule has 1 aliphatic rings. The summed E-state index contributed by atoms with van der Waals surface area (Å²) in [5.74, 6) is 0.123. The van der Waals surface area contributed by atoms with Gasteiger partial charge in [0, 0.05) is 18.1 Å². The van der Waals surface area contributed by atoms with E-state index in [0.717, 1.165) is 40.3 Å². The van der Waals surface area contributed by atoms with Crippen molar-refractivity contribution in [3.8, 4) is 10.4 Å². The fourth-order valence-corrected chi connectivity index (χ4v) is 5.33. The molecule has 35 heavy (non-hydrogen) atoms. The van der Waals surface area contributed by atoms with E-state index < -0.39 is 18.2 Å². The van der Waals surface area contributed by atoms with Gasteiger partial charge in [0.25, 0.3) is 6.43 Å². The molecule has 2 heterocycles. The third-order valence-corrected chi connectivity index (χ3v) is 6.88. The number of aryl methyl sites for hydroxylation is 1. The van der Waals surface area contributed by atoms with Crippen molar-refractivity contribution in [3.63, 3.8) is 0 Å². The van der Waals surface area contributed by atoms with Gasteiger partial charge in [-0.15, -0.1) is 11.3 Å². The highest BCUT2D eigenvalue weighted by Gasteiger charge is 2.41. The Bertz CT molecular complexity index is 1180. The largest absolute Gasteiger partial charge is 0.503 e. The van der Waals surface area contributed by atoms with E-state index in [4.69, 9.17) is 15.0 Å². The molecule has 0 saturated heterocycles. The van der Waals surface area contributed by atoms with E-state index >= 15 is 0 Å². The number of hydrogen-bond donors (Lipinski definition) is 4. The minimum atomic E-state index is -2.65. The van der Waals surface area contributed by atoms with Crippen molar-refractivity contribution in [3.05, 3.63) is 52.9 Å². The number of hydrogen-bond acceptors (Lipinski definition) is 7. The standard InChI is InChI=1S/C23H26F2N4OS.CH2O3/c1-14-9-15(11-16(10-14)28-21-26-8-5-17(29-21)19(24)25)18-12-27-20(31-18)23(30)7-4-6-22(2,3)13-23;2-1(3)4/h5,8-12,19,30H,4,6-7,13H2,1-3H3,(H,26,28,29);(H2,2,3,4)/t23-;/m1./s1. The third kappa shape index (κ3) is 7.15. The molecule has 4 rings (SSSR count). The summed E-state index contributed by atoms with van der Waals surface area (Å²) in [7, 11) is 0. The number of nitrogens with zero attached hydrogens (tertiary/aromatic N) is 3. The number of carboxylic acid groups (broad SMARTS) is 2. The second kappa shape index (κ2) is 10.6. The summed E-state index contributed by atoms with van der Waals surface area (Å²) in [6.45, 7) is 6.34. The summed E-state index contributed by atoms with van der Waals surface area (Å²) in [6.07, 6.45) is 2.14. The lowest BCUT2D eigenvalue weighted by Crippen LogP contribution is -2.36. The number of alkyl halides is 2. The number of aliphatic hydroxyl groups is 1. The Morgan fingerprint density at radius 3 is 2.54 bits per heavy atom. The molecule has 2 aromatic heterocycles. The van der Waals surface area contributed by atoms with Crippen LogP contribution in [0.1, 0.15) is 62.2 Å². The summed E-state index contributed by atoms with van der Waals surface area (Å²) >= 11 is 1.50. The van der Waals surface area contributed by atoms with Crippen LogP contribution in [0.25, 0.3) is 10.4 Å². The van der Waals surface area contributed by atoms with Crippen LogP contribution in [0.5, 0.6) is 0 Å². The van der Waals surface area contributed by atoms with Gasteiger partial charge in [0.1, 0.15) is 16.3 Å². The molecule has 1 aromatic carbocycles.